The SMILES string of the molecule is N#Cc1ccc(CC2(CCN)C=NC=N2)cc1. The van der Waals surface area contributed by atoms with Crippen molar-refractivity contribution in [3.63, 3.8) is 0 Å². The predicted molar refractivity (Wildman–Crippen MR) is 68.2 cm³/mol. The highest BCUT2D eigenvalue weighted by molar-refractivity contribution is 5.86. The van der Waals surface area contributed by atoms with Crippen molar-refractivity contribution in [2.24, 2.45) is 15.7 Å². The van der Waals surface area contributed by atoms with Crippen LogP contribution in [0.5, 0.6) is 0 Å². The van der Waals surface area contributed by atoms with Crippen molar-refractivity contribution in [3.05, 3.63) is 35.4 Å². The lowest BCUT2D eigenvalue weighted by Gasteiger charge is -2.22. The molecule has 0 bridgehead atoms. The number of hydrogen-bond acceptors (Lipinski definition) is 4. The van der Waals surface area contributed by atoms with Crippen LogP contribution in [0.2, 0.25) is 0 Å². The van der Waals surface area contributed by atoms with Crippen molar-refractivity contribution in [2.75, 3.05) is 6.54 Å². The molecule has 1 unspecified atom stereocenters. The first kappa shape index (κ1) is 11.5. The second-order valence-electron chi connectivity index (χ2n) is 4.15. The monoisotopic (exact) mass is 226 g/mol. The van der Waals surface area contributed by atoms with E-state index in [4.69, 9.17) is 11.0 Å². The molecule has 2 N–H and O–H groups in total. The fourth-order valence-electron chi connectivity index (χ4n) is 1.96. The molecule has 0 amide bonds. The topological polar surface area (TPSA) is 74.5 Å². The summed E-state index contributed by atoms with van der Waals surface area (Å²) in [5.41, 5.74) is 7.14. The summed E-state index contributed by atoms with van der Waals surface area (Å²) < 4.78 is 0. The molecule has 1 atom stereocenters. The first-order valence-corrected chi connectivity index (χ1v) is 5.55. The third kappa shape index (κ3) is 2.58. The van der Waals surface area contributed by atoms with Gasteiger partial charge in [-0.3, -0.25) is 4.99 Å². The van der Waals surface area contributed by atoms with Crippen LogP contribution in [0.15, 0.2) is 34.3 Å². The Bertz CT molecular complexity index is 467. The number of hydrogen-bond donors (Lipinski definition) is 1. The molecule has 4 heteroatoms. The maximum Gasteiger partial charge on any atom is 0.110 e. The fourth-order valence-corrected chi connectivity index (χ4v) is 1.96. The highest BCUT2D eigenvalue weighted by Gasteiger charge is 2.28. The Labute approximate surface area is 101 Å². The summed E-state index contributed by atoms with van der Waals surface area (Å²) >= 11 is 0. The Morgan fingerprint density at radius 2 is 2.06 bits per heavy atom. The van der Waals surface area contributed by atoms with E-state index in [0.717, 1.165) is 18.4 Å². The summed E-state index contributed by atoms with van der Waals surface area (Å²) in [6, 6.07) is 9.66. The summed E-state index contributed by atoms with van der Waals surface area (Å²) in [6.45, 7) is 0.583. The van der Waals surface area contributed by atoms with Gasteiger partial charge in [0.05, 0.1) is 11.6 Å². The standard InChI is InChI=1S/C13H14N4/c14-6-5-13(9-16-10-17-13)7-11-1-3-12(8-15)4-2-11/h1-4,9-10H,5-7,14H2. The molecule has 17 heavy (non-hydrogen) atoms. The molecule has 1 aromatic rings. The zero-order valence-electron chi connectivity index (χ0n) is 9.50. The molecule has 0 saturated carbocycles. The number of nitrogens with zero attached hydrogens (tertiary/aromatic N) is 3. The minimum Gasteiger partial charge on any atom is -0.330 e. The molecule has 86 valence electrons. The van der Waals surface area contributed by atoms with Crippen molar-refractivity contribution < 1.29 is 0 Å². The van der Waals surface area contributed by atoms with Crippen LogP contribution in [0.4, 0.5) is 0 Å². The molecule has 0 aliphatic carbocycles. The Morgan fingerprint density at radius 1 is 1.29 bits per heavy atom. The molecule has 2 rings (SSSR count). The predicted octanol–water partition coefficient (Wildman–Crippen LogP) is 1.30. The van der Waals surface area contributed by atoms with E-state index in [9.17, 15) is 0 Å². The maximum absolute atomic E-state index is 8.74. The van der Waals surface area contributed by atoms with Gasteiger partial charge in [0.25, 0.3) is 0 Å². The van der Waals surface area contributed by atoms with Crippen LogP contribution in [0.25, 0.3) is 0 Å². The number of nitriles is 1. The van der Waals surface area contributed by atoms with E-state index in [1.54, 1.807) is 6.34 Å². The first-order chi connectivity index (χ1) is 8.28. The van der Waals surface area contributed by atoms with Crippen molar-refractivity contribution >= 4 is 12.6 Å². The zero-order valence-corrected chi connectivity index (χ0v) is 9.50. The van der Waals surface area contributed by atoms with Gasteiger partial charge in [0.1, 0.15) is 11.9 Å². The third-order valence-corrected chi connectivity index (χ3v) is 2.87. The average molecular weight is 226 g/mol. The molecular formula is C13H14N4. The molecular weight excluding hydrogens is 212 g/mol. The van der Waals surface area contributed by atoms with Gasteiger partial charge in [-0.1, -0.05) is 12.1 Å². The molecule has 0 saturated heterocycles. The van der Waals surface area contributed by atoms with E-state index in [-0.39, 0.29) is 5.54 Å². The van der Waals surface area contributed by atoms with Crippen LogP contribution in [0.3, 0.4) is 0 Å². The lowest BCUT2D eigenvalue weighted by Crippen LogP contribution is -2.32. The van der Waals surface area contributed by atoms with E-state index in [1.165, 1.54) is 0 Å². The van der Waals surface area contributed by atoms with Crippen LogP contribution < -0.4 is 5.73 Å². The largest absolute Gasteiger partial charge is 0.330 e. The second-order valence-corrected chi connectivity index (χ2v) is 4.15. The van der Waals surface area contributed by atoms with Crippen LogP contribution in [-0.4, -0.2) is 24.6 Å². The summed E-state index contributed by atoms with van der Waals surface area (Å²) in [5, 5.41) is 8.74. The van der Waals surface area contributed by atoms with Gasteiger partial charge in [-0.25, -0.2) is 4.99 Å². The van der Waals surface area contributed by atoms with Gasteiger partial charge in [-0.15, -0.1) is 0 Å². The highest BCUT2D eigenvalue weighted by Crippen LogP contribution is 2.22. The van der Waals surface area contributed by atoms with Crippen molar-refractivity contribution in [3.8, 4) is 6.07 Å². The molecule has 0 spiro atoms. The minimum absolute atomic E-state index is 0.289. The van der Waals surface area contributed by atoms with Gasteiger partial charge in [0.2, 0.25) is 0 Å². The normalized spacial score (nSPS) is 21.6. The van der Waals surface area contributed by atoms with Gasteiger partial charge in [0.15, 0.2) is 0 Å². The van der Waals surface area contributed by atoms with E-state index >= 15 is 0 Å². The Balaban J connectivity index is 2.16. The van der Waals surface area contributed by atoms with E-state index < -0.39 is 0 Å². The summed E-state index contributed by atoms with van der Waals surface area (Å²) in [4.78, 5) is 8.46. The molecule has 0 fully saturated rings. The Kier molecular flexibility index (Phi) is 3.31. The molecule has 1 aliphatic heterocycles. The molecule has 1 aliphatic rings. The summed E-state index contributed by atoms with van der Waals surface area (Å²) in [5.74, 6) is 0. The number of benzene rings is 1. The van der Waals surface area contributed by atoms with Crippen molar-refractivity contribution in [1.82, 2.24) is 0 Å². The quantitative estimate of drug-likeness (QED) is 0.840. The minimum atomic E-state index is -0.289. The van der Waals surface area contributed by atoms with Gasteiger partial charge < -0.3 is 5.73 Å². The molecule has 4 nitrogen and oxygen atoms in total. The Hall–Kier alpha value is -1.99. The van der Waals surface area contributed by atoms with E-state index in [2.05, 4.69) is 16.1 Å². The van der Waals surface area contributed by atoms with Crippen molar-refractivity contribution in [1.29, 1.82) is 5.26 Å². The van der Waals surface area contributed by atoms with Gasteiger partial charge in [-0.2, -0.15) is 5.26 Å². The Morgan fingerprint density at radius 3 is 2.59 bits per heavy atom. The first-order valence-electron chi connectivity index (χ1n) is 5.55. The van der Waals surface area contributed by atoms with E-state index in [1.807, 2.05) is 30.5 Å². The lowest BCUT2D eigenvalue weighted by atomic mass is 9.89. The van der Waals surface area contributed by atoms with Crippen LogP contribution in [-0.2, 0) is 6.42 Å². The van der Waals surface area contributed by atoms with Gasteiger partial charge in [0, 0.05) is 12.6 Å². The molecule has 1 heterocycles. The number of aliphatic imine (C=N–C) groups is 2. The highest BCUT2D eigenvalue weighted by atomic mass is 15.0. The van der Waals surface area contributed by atoms with Crippen LogP contribution in [0, 0.1) is 11.3 Å². The zero-order chi connectivity index (χ0) is 12.1. The third-order valence-electron chi connectivity index (χ3n) is 2.87. The molecule has 0 aromatic heterocycles. The van der Waals surface area contributed by atoms with Crippen LogP contribution in [0.1, 0.15) is 17.5 Å². The molecule has 1 aromatic carbocycles. The maximum atomic E-state index is 8.74. The smallest absolute Gasteiger partial charge is 0.110 e. The fraction of sp³-hybridized carbons (Fsp3) is 0.308. The van der Waals surface area contributed by atoms with Crippen LogP contribution >= 0.6 is 0 Å². The van der Waals surface area contributed by atoms with E-state index in [0.29, 0.717) is 12.1 Å². The number of rotatable bonds is 4. The lowest BCUT2D eigenvalue weighted by molar-refractivity contribution is 0.545. The van der Waals surface area contributed by atoms with Gasteiger partial charge >= 0.3 is 0 Å². The number of nitrogens with two attached hydrogens (primary N) is 1. The summed E-state index contributed by atoms with van der Waals surface area (Å²) in [7, 11) is 0. The average Bonchev–Trinajstić information content (AvgIpc) is 2.79. The van der Waals surface area contributed by atoms with Crippen molar-refractivity contribution in [2.45, 2.75) is 18.4 Å². The molecule has 0 radical (unpaired) electrons. The summed E-state index contributed by atoms with van der Waals surface area (Å²) in [6.07, 6.45) is 5.00. The second kappa shape index (κ2) is 4.89. The van der Waals surface area contributed by atoms with Gasteiger partial charge in [-0.05, 0) is 30.7 Å².